The molecule has 22 nitrogen and oxygen atoms in total. The van der Waals surface area contributed by atoms with Gasteiger partial charge in [-0.15, -0.1) is 11.3 Å². The van der Waals surface area contributed by atoms with E-state index in [0.29, 0.717) is 51.9 Å². The average Bonchev–Trinajstić information content (AvgIpc) is 4.05. The summed E-state index contributed by atoms with van der Waals surface area (Å²) in [6.07, 6.45) is 0.690. The summed E-state index contributed by atoms with van der Waals surface area (Å²) < 4.78 is 27.7. The van der Waals surface area contributed by atoms with E-state index in [1.54, 1.807) is 22.3 Å². The third-order valence-corrected chi connectivity index (χ3v) is 14.6. The van der Waals surface area contributed by atoms with Gasteiger partial charge in [0, 0.05) is 58.3 Å². The van der Waals surface area contributed by atoms with Crippen LogP contribution in [-0.2, 0) is 55.8 Å². The van der Waals surface area contributed by atoms with Crippen LogP contribution in [0.1, 0.15) is 73.0 Å². The number of carbonyl (C=O) groups excluding carboxylic acids is 5. The van der Waals surface area contributed by atoms with Crippen LogP contribution in [-0.4, -0.2) is 205 Å². The molecule has 2 saturated heterocycles. The third kappa shape index (κ3) is 17.7. The quantitative estimate of drug-likeness (QED) is 0.0425. The molecule has 0 aliphatic carbocycles. The van der Waals surface area contributed by atoms with E-state index in [2.05, 4.69) is 53.3 Å². The highest BCUT2D eigenvalue weighted by Crippen LogP contribution is 2.30. The highest BCUT2D eigenvalue weighted by atomic mass is 32.1. The van der Waals surface area contributed by atoms with Crippen LogP contribution in [0.25, 0.3) is 10.4 Å². The number of aliphatic hydroxyl groups is 2. The van der Waals surface area contributed by atoms with Gasteiger partial charge in [-0.3, -0.25) is 28.9 Å². The summed E-state index contributed by atoms with van der Waals surface area (Å²) in [5.41, 5.74) is 6.74. The molecule has 0 saturated carbocycles. The summed E-state index contributed by atoms with van der Waals surface area (Å²) in [6.45, 7) is 14.1. The zero-order chi connectivity index (χ0) is 55.6. The molecule has 0 bridgehead atoms. The van der Waals surface area contributed by atoms with E-state index in [0.717, 1.165) is 41.2 Å². The monoisotopic (exact) mass is 1100 g/mol. The van der Waals surface area contributed by atoms with Crippen molar-refractivity contribution in [1.29, 1.82) is 0 Å². The second-order valence-corrected chi connectivity index (χ2v) is 21.7. The van der Waals surface area contributed by atoms with E-state index < -0.39 is 47.4 Å². The first-order valence-corrected chi connectivity index (χ1v) is 27.5. The van der Waals surface area contributed by atoms with Crippen molar-refractivity contribution in [2.24, 2.45) is 5.41 Å². The number of β-amino-alcohol motifs (C(OH)–C–C–N with tert-alkyl or cyclic N) is 2. The maximum atomic E-state index is 14.0. The Bertz CT molecular complexity index is 2600. The van der Waals surface area contributed by atoms with Gasteiger partial charge in [-0.25, -0.2) is 15.0 Å². The lowest BCUT2D eigenvalue weighted by atomic mass is 9.85. The smallest absolute Gasteiger partial charge is 0.270 e. The fraction of sp³-hybridized carbons (Fsp3) is 0.564. The second-order valence-electron chi connectivity index (χ2n) is 20.9. The number of ether oxygens (including phenoxy) is 5. The van der Waals surface area contributed by atoms with Crippen LogP contribution in [0.4, 0.5) is 5.82 Å². The number of nitrogens with one attached hydrogen (secondary N) is 4. The van der Waals surface area contributed by atoms with Gasteiger partial charge in [0.15, 0.2) is 0 Å². The molecule has 2 aromatic heterocycles. The molecule has 2 aromatic carbocycles. The molecule has 3 aliphatic heterocycles. The molecule has 5 amide bonds. The minimum atomic E-state index is -0.988. The Balaban J connectivity index is 0.671. The molecule has 0 radical (unpaired) electrons. The lowest BCUT2D eigenvalue weighted by Gasteiger charge is -2.39. The van der Waals surface area contributed by atoms with Gasteiger partial charge in [0.25, 0.3) is 5.91 Å². The number of thiazole rings is 1. The van der Waals surface area contributed by atoms with E-state index in [1.165, 1.54) is 22.4 Å². The molecule has 0 unspecified atom stereocenters. The molecule has 7 rings (SSSR count). The van der Waals surface area contributed by atoms with Crippen molar-refractivity contribution >= 4 is 46.7 Å². The number of carbonyl (C=O) groups is 5. The fourth-order valence-corrected chi connectivity index (χ4v) is 10.1. The van der Waals surface area contributed by atoms with Crippen molar-refractivity contribution in [2.75, 3.05) is 111 Å². The first-order valence-electron chi connectivity index (χ1n) is 26.6. The number of fused-ring (bicyclic) bond motifs is 1. The molecule has 23 heteroatoms. The topological polar surface area (TPSA) is 268 Å². The molecule has 2 fully saturated rings. The van der Waals surface area contributed by atoms with Crippen LogP contribution in [0.15, 0.2) is 66.4 Å². The molecular weight excluding hydrogens is 1020 g/mol. The van der Waals surface area contributed by atoms with E-state index in [4.69, 9.17) is 23.7 Å². The zero-order valence-corrected chi connectivity index (χ0v) is 46.1. The van der Waals surface area contributed by atoms with Crippen molar-refractivity contribution < 1.29 is 57.9 Å². The number of amides is 5. The molecule has 5 atom stereocenters. The number of hydrogen-bond acceptors (Lipinski definition) is 18. The number of likely N-dealkylation sites (tertiary alicyclic amines) is 2. The largest absolute Gasteiger partial charge is 0.391 e. The minimum Gasteiger partial charge on any atom is -0.391 e. The van der Waals surface area contributed by atoms with E-state index in [1.807, 2.05) is 76.5 Å². The summed E-state index contributed by atoms with van der Waals surface area (Å²) in [6, 6.07) is 15.4. The number of aliphatic hydroxyl groups excluding tert-OH is 2. The average molecular weight is 1100 g/mol. The molecule has 78 heavy (non-hydrogen) atoms. The summed E-state index contributed by atoms with van der Waals surface area (Å²) in [4.78, 5) is 85.0. The van der Waals surface area contributed by atoms with Crippen LogP contribution >= 0.6 is 11.3 Å². The van der Waals surface area contributed by atoms with Gasteiger partial charge >= 0.3 is 0 Å². The van der Waals surface area contributed by atoms with Crippen LogP contribution in [0, 0.1) is 12.3 Å². The Hall–Kier alpha value is -6.02. The van der Waals surface area contributed by atoms with Crippen LogP contribution in [0.2, 0.25) is 0 Å². The zero-order valence-electron chi connectivity index (χ0n) is 45.3. The highest BCUT2D eigenvalue weighted by Gasteiger charge is 2.45. The molecule has 424 valence electrons. The van der Waals surface area contributed by atoms with E-state index in [-0.39, 0.29) is 88.7 Å². The van der Waals surface area contributed by atoms with Gasteiger partial charge in [0.05, 0.1) is 93.2 Å². The van der Waals surface area contributed by atoms with Gasteiger partial charge in [0.2, 0.25) is 23.6 Å². The molecule has 0 spiro atoms. The summed E-state index contributed by atoms with van der Waals surface area (Å²) in [5, 5.41) is 33.0. The maximum absolute atomic E-state index is 14.0. The Kier molecular flexibility index (Phi) is 22.4. The van der Waals surface area contributed by atoms with Gasteiger partial charge in [-0.1, -0.05) is 69.3 Å². The predicted octanol–water partition coefficient (Wildman–Crippen LogP) is 2.13. The highest BCUT2D eigenvalue weighted by molar-refractivity contribution is 7.13. The Morgan fingerprint density at radius 1 is 0.821 bits per heavy atom. The van der Waals surface area contributed by atoms with Crippen LogP contribution < -0.4 is 21.3 Å². The van der Waals surface area contributed by atoms with E-state index in [9.17, 15) is 34.2 Å². The Labute approximate surface area is 459 Å². The van der Waals surface area contributed by atoms with Crippen molar-refractivity contribution in [1.82, 2.24) is 45.6 Å². The summed E-state index contributed by atoms with van der Waals surface area (Å²) >= 11 is 1.57. The minimum absolute atomic E-state index is 0.0346. The second kappa shape index (κ2) is 29.3. The third-order valence-electron chi connectivity index (χ3n) is 13.7. The van der Waals surface area contributed by atoms with Crippen molar-refractivity contribution in [3.63, 3.8) is 0 Å². The Morgan fingerprint density at radius 2 is 1.47 bits per heavy atom. The molecule has 3 aliphatic rings. The van der Waals surface area contributed by atoms with Crippen LogP contribution in [0.3, 0.4) is 0 Å². The van der Waals surface area contributed by atoms with E-state index >= 15 is 0 Å². The first kappa shape index (κ1) is 59.6. The standard InChI is InChI=1S/C55H76N10O12S/c1-36(38-10-12-40(13-11-38)50-37(2)59-35-78-50)60-53(71)46-24-43(66)31-65(46)54(72)51(55(3,4)5)62-48(68)32-76-22-20-74-18-16-73-17-19-75-21-23-77-33-49(69)64-28-42(29-64)61-47-25-45(57-34-58-47)52(70)56-26-44(67)30-63-15-14-39-8-6-7-9-41(39)27-63/h6-13,25,34-36,42-44,46,51,66-67H,14-24,26-33H2,1-5H3,(H,56,70)(H,60,71)(H,62,68)(H,57,58,61)/t36-,43-,44+,46+,51+/m1/s1. The van der Waals surface area contributed by atoms with Gasteiger partial charge < -0.3 is 65.0 Å². The number of anilines is 1. The molecule has 4 aromatic rings. The normalized spacial score (nSPS) is 17.9. The molecule has 5 heterocycles. The number of rotatable bonds is 29. The van der Waals surface area contributed by atoms with Crippen molar-refractivity contribution in [3.05, 3.63) is 94.5 Å². The van der Waals surface area contributed by atoms with Crippen molar-refractivity contribution in [3.8, 4) is 10.4 Å². The molecule has 6 N–H and O–H groups in total. The molecular formula is C55H76N10O12S. The van der Waals surface area contributed by atoms with Crippen LogP contribution in [0.5, 0.6) is 0 Å². The Morgan fingerprint density at radius 3 is 2.13 bits per heavy atom. The maximum Gasteiger partial charge on any atom is 0.270 e. The summed E-state index contributed by atoms with van der Waals surface area (Å²) in [7, 11) is 0. The number of hydrogen-bond donors (Lipinski definition) is 6. The van der Waals surface area contributed by atoms with Gasteiger partial charge in [-0.2, -0.15) is 0 Å². The predicted molar refractivity (Wildman–Crippen MR) is 290 cm³/mol. The fourth-order valence-electron chi connectivity index (χ4n) is 9.33. The SMILES string of the molecule is Cc1ncsc1-c1ccc([C@@H](C)NC(=O)[C@@H]2C[C@@H](O)CN2C(=O)[C@H](NC(=O)COCCOCCOCCOCCOCC(=O)N2CC(Nc3cc(C(=O)NC[C@H](O)CN4CCc5ccccc5C4)ncn3)C2)C(C)(C)C)cc1. The number of aryl methyl sites for hydroxylation is 1. The number of benzene rings is 2. The first-order chi connectivity index (χ1) is 37.5. The van der Waals surface area contributed by atoms with Crippen molar-refractivity contribution in [2.45, 2.75) is 90.4 Å². The van der Waals surface area contributed by atoms with Gasteiger partial charge in [0.1, 0.15) is 43.1 Å². The lowest BCUT2D eigenvalue weighted by Crippen LogP contribution is -2.58. The lowest BCUT2D eigenvalue weighted by molar-refractivity contribution is -0.144. The summed E-state index contributed by atoms with van der Waals surface area (Å²) in [5.74, 6) is -1.44. The van der Waals surface area contributed by atoms with Gasteiger partial charge in [-0.05, 0) is 47.9 Å². The number of nitrogens with zero attached hydrogens (tertiary/aromatic N) is 6. The number of aromatic nitrogens is 3.